The predicted octanol–water partition coefficient (Wildman–Crippen LogP) is 3.14. The summed E-state index contributed by atoms with van der Waals surface area (Å²) in [5.74, 6) is 0. The van der Waals surface area contributed by atoms with Gasteiger partial charge in [-0.25, -0.2) is 9.53 Å². The number of ether oxygens (including phenoxy) is 2. The Balaban J connectivity index is 2.15. The summed E-state index contributed by atoms with van der Waals surface area (Å²) in [6.07, 6.45) is 0.991. The lowest BCUT2D eigenvalue weighted by Crippen LogP contribution is -2.50. The van der Waals surface area contributed by atoms with E-state index in [1.165, 1.54) is 11.1 Å². The largest absolute Gasteiger partial charge is 0.624 e. The molecule has 1 saturated heterocycles. The molecule has 6 nitrogen and oxygen atoms in total. The van der Waals surface area contributed by atoms with Gasteiger partial charge in [-0.05, 0) is 34.6 Å². The average molecular weight is 334 g/mol. The quantitative estimate of drug-likeness (QED) is 0.369. The maximum atomic E-state index is 12.5. The van der Waals surface area contributed by atoms with Crippen LogP contribution in [0.2, 0.25) is 0 Å². The minimum absolute atomic E-state index is 0.222. The van der Waals surface area contributed by atoms with Gasteiger partial charge in [-0.2, -0.15) is 0 Å². The Morgan fingerprint density at radius 1 is 1.42 bits per heavy atom. The van der Waals surface area contributed by atoms with Crippen molar-refractivity contribution in [2.75, 3.05) is 6.61 Å². The monoisotopic (exact) mass is 334 g/mol. The van der Waals surface area contributed by atoms with Gasteiger partial charge in [0.15, 0.2) is 12.8 Å². The predicted molar refractivity (Wildman–Crippen MR) is 91.7 cm³/mol. The van der Waals surface area contributed by atoms with Gasteiger partial charge in [0.05, 0.1) is 6.61 Å². The Morgan fingerprint density at radius 3 is 2.62 bits per heavy atom. The van der Waals surface area contributed by atoms with Crippen molar-refractivity contribution in [3.63, 3.8) is 0 Å². The number of nitrogens with zero attached hydrogens (tertiary/aromatic N) is 2. The fraction of sp³-hybridized carbons (Fsp3) is 0.556. The van der Waals surface area contributed by atoms with E-state index in [0.717, 1.165) is 10.3 Å². The maximum absolute atomic E-state index is 12.5. The van der Waals surface area contributed by atoms with Crippen molar-refractivity contribution >= 4 is 12.3 Å². The second-order valence-electron chi connectivity index (χ2n) is 7.39. The molecule has 0 saturated carbocycles. The van der Waals surface area contributed by atoms with Gasteiger partial charge in [0.1, 0.15) is 17.4 Å². The molecular weight excluding hydrogens is 308 g/mol. The van der Waals surface area contributed by atoms with E-state index < -0.39 is 23.5 Å². The molecule has 0 unspecified atom stereocenters. The highest BCUT2D eigenvalue weighted by molar-refractivity contribution is 5.75. The standard InChI is InChI=1S/C18H26N2O4/c1-17(2,3)24-16(21)20-15(13-23-18(20,4)5)12-19(22)11-14-9-7-6-8-10-14/h6-10,12,15H,11,13H2,1-5H3/b19-12-/t15-/m0/s1. The summed E-state index contributed by atoms with van der Waals surface area (Å²) in [7, 11) is 0. The molecule has 0 radical (unpaired) electrons. The fourth-order valence-corrected chi connectivity index (χ4v) is 2.62. The molecular formula is C18H26N2O4. The Kier molecular flexibility index (Phi) is 5.18. The van der Waals surface area contributed by atoms with E-state index in [-0.39, 0.29) is 13.2 Å². The van der Waals surface area contributed by atoms with E-state index in [4.69, 9.17) is 9.47 Å². The van der Waals surface area contributed by atoms with Crippen LogP contribution in [-0.2, 0) is 16.0 Å². The number of benzene rings is 1. The van der Waals surface area contributed by atoms with Gasteiger partial charge in [0.25, 0.3) is 0 Å². The zero-order valence-corrected chi connectivity index (χ0v) is 15.0. The zero-order chi connectivity index (χ0) is 18.0. The lowest BCUT2D eigenvalue weighted by atomic mass is 10.2. The molecule has 132 valence electrons. The van der Waals surface area contributed by atoms with Crippen molar-refractivity contribution in [2.45, 2.75) is 58.5 Å². The Labute approximate surface area is 143 Å². The number of hydroxylamine groups is 1. The Hall–Kier alpha value is -2.08. The van der Waals surface area contributed by atoms with Crippen LogP contribution in [0.25, 0.3) is 0 Å². The molecule has 1 atom stereocenters. The lowest BCUT2D eigenvalue weighted by molar-refractivity contribution is -0.472. The van der Waals surface area contributed by atoms with Crippen LogP contribution >= 0.6 is 0 Å². The first-order chi connectivity index (χ1) is 11.1. The topological polar surface area (TPSA) is 64.8 Å². The van der Waals surface area contributed by atoms with E-state index in [1.807, 2.05) is 51.1 Å². The molecule has 0 aromatic heterocycles. The van der Waals surface area contributed by atoms with Crippen LogP contribution in [0.1, 0.15) is 40.2 Å². The van der Waals surface area contributed by atoms with Crippen LogP contribution < -0.4 is 0 Å². The highest BCUT2D eigenvalue weighted by Gasteiger charge is 2.46. The van der Waals surface area contributed by atoms with Gasteiger partial charge in [-0.1, -0.05) is 30.3 Å². The molecule has 2 rings (SSSR count). The van der Waals surface area contributed by atoms with Crippen molar-refractivity contribution in [3.8, 4) is 0 Å². The normalized spacial score (nSPS) is 21.0. The second-order valence-corrected chi connectivity index (χ2v) is 7.39. The number of amides is 1. The van der Waals surface area contributed by atoms with Gasteiger partial charge in [0, 0.05) is 5.56 Å². The Bertz CT molecular complexity index is 605. The molecule has 1 fully saturated rings. The molecule has 1 amide bonds. The van der Waals surface area contributed by atoms with Gasteiger partial charge >= 0.3 is 6.09 Å². The van der Waals surface area contributed by atoms with Gasteiger partial charge in [-0.3, -0.25) is 4.90 Å². The van der Waals surface area contributed by atoms with E-state index in [0.29, 0.717) is 0 Å². The zero-order valence-electron chi connectivity index (χ0n) is 15.0. The van der Waals surface area contributed by atoms with Crippen LogP contribution in [0, 0.1) is 5.21 Å². The third-order valence-electron chi connectivity index (χ3n) is 3.63. The number of carbonyl (C=O) groups is 1. The maximum Gasteiger partial charge on any atom is 0.413 e. The number of carbonyl (C=O) groups excluding carboxylic acids is 1. The van der Waals surface area contributed by atoms with Crippen LogP contribution in [0.5, 0.6) is 0 Å². The van der Waals surface area contributed by atoms with E-state index in [1.54, 1.807) is 13.8 Å². The van der Waals surface area contributed by atoms with Crippen LogP contribution in [0.3, 0.4) is 0 Å². The van der Waals surface area contributed by atoms with Crippen molar-refractivity contribution in [2.24, 2.45) is 0 Å². The van der Waals surface area contributed by atoms with Crippen molar-refractivity contribution in [1.82, 2.24) is 4.90 Å². The SMILES string of the molecule is CC(C)(C)OC(=O)N1[C@@H](/C=[N+](\[O-])Cc2ccccc2)COC1(C)C. The lowest BCUT2D eigenvalue weighted by Gasteiger charge is -2.33. The van der Waals surface area contributed by atoms with Crippen molar-refractivity contribution in [3.05, 3.63) is 41.1 Å². The van der Waals surface area contributed by atoms with Crippen molar-refractivity contribution in [1.29, 1.82) is 0 Å². The molecule has 0 bridgehead atoms. The molecule has 6 heteroatoms. The third kappa shape index (κ3) is 4.71. The molecule has 0 aliphatic carbocycles. The number of rotatable bonds is 3. The Morgan fingerprint density at radius 2 is 2.04 bits per heavy atom. The molecule has 1 heterocycles. The van der Waals surface area contributed by atoms with Gasteiger partial charge < -0.3 is 14.7 Å². The summed E-state index contributed by atoms with van der Waals surface area (Å²) in [4.78, 5) is 14.0. The summed E-state index contributed by atoms with van der Waals surface area (Å²) < 4.78 is 12.0. The molecule has 1 aromatic carbocycles. The van der Waals surface area contributed by atoms with E-state index in [9.17, 15) is 10.0 Å². The molecule has 0 spiro atoms. The van der Waals surface area contributed by atoms with Gasteiger partial charge in [0.2, 0.25) is 0 Å². The number of hydrogen-bond donors (Lipinski definition) is 0. The first-order valence-corrected chi connectivity index (χ1v) is 8.07. The van der Waals surface area contributed by atoms with Crippen LogP contribution in [0.15, 0.2) is 30.3 Å². The number of hydrogen-bond acceptors (Lipinski definition) is 4. The summed E-state index contributed by atoms with van der Waals surface area (Å²) >= 11 is 0. The first kappa shape index (κ1) is 18.3. The minimum atomic E-state index is -0.822. The first-order valence-electron chi connectivity index (χ1n) is 8.07. The third-order valence-corrected chi connectivity index (χ3v) is 3.63. The molecule has 1 aliphatic heterocycles. The highest BCUT2D eigenvalue weighted by atomic mass is 16.6. The highest BCUT2D eigenvalue weighted by Crippen LogP contribution is 2.28. The summed E-state index contributed by atoms with van der Waals surface area (Å²) in [5.41, 5.74) is -0.524. The smallest absolute Gasteiger partial charge is 0.413 e. The second kappa shape index (κ2) is 6.81. The van der Waals surface area contributed by atoms with Crippen molar-refractivity contribution < 1.29 is 19.0 Å². The van der Waals surface area contributed by atoms with E-state index >= 15 is 0 Å². The van der Waals surface area contributed by atoms with E-state index in [2.05, 4.69) is 0 Å². The van der Waals surface area contributed by atoms with Crippen LogP contribution in [0.4, 0.5) is 4.79 Å². The summed E-state index contributed by atoms with van der Waals surface area (Å²) in [5, 5.41) is 12.3. The fourth-order valence-electron chi connectivity index (χ4n) is 2.62. The summed E-state index contributed by atoms with van der Waals surface area (Å²) in [6.45, 7) is 9.49. The molecule has 0 N–H and O–H groups in total. The summed E-state index contributed by atoms with van der Waals surface area (Å²) in [6, 6.07) is 8.99. The molecule has 1 aliphatic rings. The molecule has 1 aromatic rings. The van der Waals surface area contributed by atoms with Crippen LogP contribution in [-0.4, -0.2) is 45.9 Å². The minimum Gasteiger partial charge on any atom is -0.624 e. The molecule has 24 heavy (non-hydrogen) atoms. The average Bonchev–Trinajstić information content (AvgIpc) is 2.72. The van der Waals surface area contributed by atoms with Gasteiger partial charge in [-0.15, -0.1) is 0 Å².